The number of piperidine rings is 1. The number of carbonyl (C=O) groups is 2. The second-order valence-electron chi connectivity index (χ2n) is 9.52. The molecule has 2 aliphatic heterocycles. The molecule has 0 radical (unpaired) electrons. The van der Waals surface area contributed by atoms with Crippen molar-refractivity contribution in [2.24, 2.45) is 5.92 Å². The number of aromatic hydroxyl groups is 1. The number of benzene rings is 1. The van der Waals surface area contributed by atoms with Crippen LogP contribution in [0.4, 0.5) is 0 Å². The molecule has 154 valence electrons. The van der Waals surface area contributed by atoms with Crippen molar-refractivity contribution in [2.45, 2.75) is 61.6 Å². The van der Waals surface area contributed by atoms with Gasteiger partial charge in [-0.2, -0.15) is 0 Å². The molecule has 1 aromatic carbocycles. The highest BCUT2D eigenvalue weighted by Gasteiger charge is 2.73. The van der Waals surface area contributed by atoms with Crippen LogP contribution in [-0.4, -0.2) is 58.6 Å². The molecule has 0 aromatic heterocycles. The SMILES string of the molecule is O=C(CP)N[C@@]12CCC(=O)[C@@H]3Oc4c(O)ccc5c4[C@@]31CCN(CC1CC1)[C@@H]2C5. The maximum absolute atomic E-state index is 13.1. The lowest BCUT2D eigenvalue weighted by atomic mass is 9.47. The van der Waals surface area contributed by atoms with Crippen LogP contribution in [0.25, 0.3) is 0 Å². The third-order valence-corrected chi connectivity index (χ3v) is 8.53. The fourth-order valence-corrected chi connectivity index (χ4v) is 6.96. The van der Waals surface area contributed by atoms with Crippen molar-refractivity contribution in [1.29, 1.82) is 0 Å². The first kappa shape index (κ1) is 18.1. The second-order valence-corrected chi connectivity index (χ2v) is 9.92. The molecular formula is C22H27N2O4P. The summed E-state index contributed by atoms with van der Waals surface area (Å²) in [5.74, 6) is 1.43. The van der Waals surface area contributed by atoms with E-state index in [1.165, 1.54) is 12.8 Å². The Morgan fingerprint density at radius 2 is 2.17 bits per heavy atom. The van der Waals surface area contributed by atoms with E-state index in [1.54, 1.807) is 6.07 Å². The molecule has 2 bridgehead atoms. The van der Waals surface area contributed by atoms with Crippen LogP contribution in [0.2, 0.25) is 0 Å². The summed E-state index contributed by atoms with van der Waals surface area (Å²) >= 11 is 0. The third-order valence-electron chi connectivity index (χ3n) is 8.16. The third kappa shape index (κ3) is 2.20. The monoisotopic (exact) mass is 414 g/mol. The van der Waals surface area contributed by atoms with E-state index < -0.39 is 17.1 Å². The fourth-order valence-electron chi connectivity index (χ4n) is 6.86. The second kappa shape index (κ2) is 5.95. The molecule has 6 nitrogen and oxygen atoms in total. The normalized spacial score (nSPS) is 37.1. The van der Waals surface area contributed by atoms with Crippen LogP contribution in [0.3, 0.4) is 0 Å². The first-order valence-electron chi connectivity index (χ1n) is 10.8. The van der Waals surface area contributed by atoms with E-state index in [0.717, 1.165) is 43.0 Å². The number of nitrogens with zero attached hydrogens (tertiary/aromatic N) is 1. The zero-order valence-electron chi connectivity index (χ0n) is 16.4. The molecule has 29 heavy (non-hydrogen) atoms. The lowest BCUT2D eigenvalue weighted by molar-refractivity contribution is -0.149. The topological polar surface area (TPSA) is 78.9 Å². The van der Waals surface area contributed by atoms with Crippen LogP contribution in [0, 0.1) is 5.92 Å². The highest BCUT2D eigenvalue weighted by atomic mass is 31.0. The van der Waals surface area contributed by atoms with E-state index in [1.807, 2.05) is 6.07 Å². The summed E-state index contributed by atoms with van der Waals surface area (Å²) in [6.45, 7) is 1.97. The molecule has 1 unspecified atom stereocenters. The number of amides is 1. The predicted molar refractivity (Wildman–Crippen MR) is 110 cm³/mol. The summed E-state index contributed by atoms with van der Waals surface area (Å²) in [5.41, 5.74) is 1.04. The van der Waals surface area contributed by atoms with Gasteiger partial charge in [0.05, 0.1) is 11.0 Å². The van der Waals surface area contributed by atoms with E-state index in [4.69, 9.17) is 4.74 Å². The number of ether oxygens (including phenoxy) is 1. The van der Waals surface area contributed by atoms with Gasteiger partial charge in [0.25, 0.3) is 0 Å². The Bertz CT molecular complexity index is 932. The van der Waals surface area contributed by atoms with Gasteiger partial charge in [-0.15, -0.1) is 9.24 Å². The van der Waals surface area contributed by atoms with Crippen molar-refractivity contribution in [1.82, 2.24) is 10.2 Å². The Balaban J connectivity index is 1.59. The molecule has 2 saturated carbocycles. The molecular weight excluding hydrogens is 387 g/mol. The molecule has 3 fully saturated rings. The summed E-state index contributed by atoms with van der Waals surface area (Å²) in [6, 6.07) is 3.84. The zero-order chi connectivity index (χ0) is 20.0. The summed E-state index contributed by atoms with van der Waals surface area (Å²) < 4.78 is 6.22. The van der Waals surface area contributed by atoms with E-state index >= 15 is 0 Å². The van der Waals surface area contributed by atoms with Crippen molar-refractivity contribution in [2.75, 3.05) is 19.3 Å². The predicted octanol–water partition coefficient (Wildman–Crippen LogP) is 1.52. The highest BCUT2D eigenvalue weighted by molar-refractivity contribution is 7.18. The van der Waals surface area contributed by atoms with Crippen LogP contribution in [0.1, 0.15) is 43.2 Å². The summed E-state index contributed by atoms with van der Waals surface area (Å²) in [6.07, 6.45) is 4.94. The van der Waals surface area contributed by atoms with E-state index in [9.17, 15) is 14.7 Å². The van der Waals surface area contributed by atoms with Crippen LogP contribution in [-0.2, 0) is 21.4 Å². The molecule has 3 aliphatic carbocycles. The molecule has 1 saturated heterocycles. The number of hydrogen-bond donors (Lipinski definition) is 2. The Morgan fingerprint density at radius 1 is 1.34 bits per heavy atom. The van der Waals surface area contributed by atoms with Gasteiger partial charge in [-0.25, -0.2) is 0 Å². The largest absolute Gasteiger partial charge is 0.504 e. The maximum Gasteiger partial charge on any atom is 0.224 e. The van der Waals surface area contributed by atoms with E-state index in [2.05, 4.69) is 19.5 Å². The van der Waals surface area contributed by atoms with Gasteiger partial charge in [0.1, 0.15) is 0 Å². The molecule has 1 spiro atoms. The van der Waals surface area contributed by atoms with Gasteiger partial charge in [0.15, 0.2) is 23.4 Å². The molecule has 2 N–H and O–H groups in total. The lowest BCUT2D eigenvalue weighted by Crippen LogP contribution is -2.82. The molecule has 1 aromatic rings. The smallest absolute Gasteiger partial charge is 0.224 e. The number of Topliss-reactive ketones (excluding diaryl/α,β-unsaturated/α-hetero) is 1. The van der Waals surface area contributed by atoms with Crippen LogP contribution >= 0.6 is 9.24 Å². The van der Waals surface area contributed by atoms with Gasteiger partial charge >= 0.3 is 0 Å². The number of nitrogens with one attached hydrogen (secondary N) is 1. The summed E-state index contributed by atoms with van der Waals surface area (Å²) in [7, 11) is 2.52. The van der Waals surface area contributed by atoms with Gasteiger partial charge in [-0.3, -0.25) is 14.5 Å². The van der Waals surface area contributed by atoms with E-state index in [0.29, 0.717) is 24.8 Å². The number of hydrogen-bond acceptors (Lipinski definition) is 5. The van der Waals surface area contributed by atoms with Crippen molar-refractivity contribution < 1.29 is 19.4 Å². The number of phenols is 1. The van der Waals surface area contributed by atoms with Crippen LogP contribution in [0.5, 0.6) is 11.5 Å². The first-order valence-corrected chi connectivity index (χ1v) is 11.6. The molecule has 5 atom stereocenters. The Hall–Kier alpha value is -1.65. The standard InChI is InChI=1S/C22H27N2O4P/c25-14-4-3-13-9-16-22(23-17(27)11-29)6-5-15(26)20-21(22,18(13)19(14)28-20)7-8-24(16)10-12-1-2-12/h3-4,12,16,20,25H,1-2,5-11,29H2,(H,23,27)/t16-,20+,21+,22-/m1/s1. The van der Waals surface area contributed by atoms with E-state index in [-0.39, 0.29) is 23.5 Å². The zero-order valence-corrected chi connectivity index (χ0v) is 17.6. The van der Waals surface area contributed by atoms with Crippen molar-refractivity contribution in [3.05, 3.63) is 23.3 Å². The van der Waals surface area contributed by atoms with Crippen molar-refractivity contribution >= 4 is 20.9 Å². The molecule has 5 aliphatic rings. The van der Waals surface area contributed by atoms with Crippen molar-refractivity contribution in [3.8, 4) is 11.5 Å². The number of rotatable bonds is 4. The Morgan fingerprint density at radius 3 is 2.93 bits per heavy atom. The minimum atomic E-state index is -0.617. The number of phenolic OH excluding ortho intramolecular Hbond substituents is 1. The van der Waals surface area contributed by atoms with Gasteiger partial charge in [0, 0.05) is 30.7 Å². The Labute approximate surface area is 172 Å². The summed E-state index contributed by atoms with van der Waals surface area (Å²) in [4.78, 5) is 28.4. The molecule has 6 rings (SSSR count). The molecule has 2 heterocycles. The quantitative estimate of drug-likeness (QED) is 0.731. The first-order chi connectivity index (χ1) is 14.0. The highest BCUT2D eigenvalue weighted by Crippen LogP contribution is 2.65. The van der Waals surface area contributed by atoms with Gasteiger partial charge < -0.3 is 15.2 Å². The number of likely N-dealkylation sites (tertiary alicyclic amines) is 1. The lowest BCUT2D eigenvalue weighted by Gasteiger charge is -2.65. The number of carbonyl (C=O) groups excluding carboxylic acids is 2. The molecule has 7 heteroatoms. The minimum Gasteiger partial charge on any atom is -0.504 e. The maximum atomic E-state index is 13.1. The molecule has 1 amide bonds. The van der Waals surface area contributed by atoms with Gasteiger partial charge in [-0.05, 0) is 56.2 Å². The minimum absolute atomic E-state index is 0.00204. The van der Waals surface area contributed by atoms with Crippen LogP contribution < -0.4 is 10.1 Å². The average molecular weight is 414 g/mol. The Kier molecular flexibility index (Phi) is 3.72. The van der Waals surface area contributed by atoms with Gasteiger partial charge in [-0.1, -0.05) is 6.07 Å². The average Bonchev–Trinajstić information content (AvgIpc) is 3.45. The fraction of sp³-hybridized carbons (Fsp3) is 0.636. The number of ketones is 1. The van der Waals surface area contributed by atoms with Crippen molar-refractivity contribution in [3.63, 3.8) is 0 Å². The van der Waals surface area contributed by atoms with Crippen LogP contribution in [0.15, 0.2) is 12.1 Å². The summed E-state index contributed by atoms with van der Waals surface area (Å²) in [5, 5.41) is 14.0. The van der Waals surface area contributed by atoms with Gasteiger partial charge in [0.2, 0.25) is 5.91 Å².